The second-order valence-electron chi connectivity index (χ2n) is 12.2. The smallest absolute Gasteiger partial charge is 0.187 e. The van der Waals surface area contributed by atoms with Gasteiger partial charge < -0.3 is 15.1 Å². The zero-order valence-electron chi connectivity index (χ0n) is 22.0. The molecule has 1 aliphatic heterocycles. The highest BCUT2D eigenvalue weighted by atomic mass is 32.2. The van der Waals surface area contributed by atoms with Crippen LogP contribution in [0.25, 0.3) is 0 Å². The average molecular weight is 520 g/mol. The molecule has 196 valence electrons. The normalized spacial score (nSPS) is 40.5. The minimum Gasteiger partial charge on any atom is -0.393 e. The van der Waals surface area contributed by atoms with Crippen LogP contribution in [0.3, 0.4) is 0 Å². The Labute approximate surface area is 223 Å². The Morgan fingerprint density at radius 2 is 2.00 bits per heavy atom. The predicted octanol–water partition coefficient (Wildman–Crippen LogP) is 4.68. The number of carbonyl (C=O) groups is 1. The van der Waals surface area contributed by atoms with Gasteiger partial charge in [0, 0.05) is 36.3 Å². The topological polar surface area (TPSA) is 86.5 Å². The molecular formula is C30H37N3O3S. The molecule has 7 atom stereocenters. The summed E-state index contributed by atoms with van der Waals surface area (Å²) in [4.78, 5) is 24.1. The Morgan fingerprint density at radius 3 is 2.76 bits per heavy atom. The van der Waals surface area contributed by atoms with Crippen molar-refractivity contribution in [2.45, 2.75) is 69.2 Å². The van der Waals surface area contributed by atoms with E-state index in [1.807, 2.05) is 0 Å². The summed E-state index contributed by atoms with van der Waals surface area (Å²) in [7, 11) is 2.08. The van der Waals surface area contributed by atoms with Crippen LogP contribution < -0.4 is 0 Å². The quantitative estimate of drug-likeness (QED) is 0.441. The van der Waals surface area contributed by atoms with Gasteiger partial charge in [0.05, 0.1) is 11.9 Å². The van der Waals surface area contributed by atoms with E-state index in [1.54, 1.807) is 18.5 Å². The Morgan fingerprint density at radius 1 is 1.24 bits per heavy atom. The van der Waals surface area contributed by atoms with E-state index in [-0.39, 0.29) is 34.7 Å². The fraction of sp³-hybridized carbons (Fsp3) is 0.567. The molecule has 1 aromatic heterocycles. The first-order chi connectivity index (χ1) is 17.6. The van der Waals surface area contributed by atoms with Crippen LogP contribution in [-0.2, 0) is 4.79 Å². The monoisotopic (exact) mass is 519 g/mol. The van der Waals surface area contributed by atoms with E-state index in [1.165, 1.54) is 28.6 Å². The summed E-state index contributed by atoms with van der Waals surface area (Å²) in [5, 5.41) is 24.3. The van der Waals surface area contributed by atoms with Gasteiger partial charge in [-0.25, -0.2) is 9.97 Å². The molecule has 6 nitrogen and oxygen atoms in total. The number of hydrogen-bond acceptors (Lipinski definition) is 7. The Bertz CT molecular complexity index is 1240. The van der Waals surface area contributed by atoms with Crippen LogP contribution in [0.15, 0.2) is 71.0 Å². The molecule has 37 heavy (non-hydrogen) atoms. The Balaban J connectivity index is 1.27. The van der Waals surface area contributed by atoms with Crippen LogP contribution in [-0.4, -0.2) is 55.4 Å². The van der Waals surface area contributed by atoms with Crippen molar-refractivity contribution < 1.29 is 15.0 Å². The fourth-order valence-corrected chi connectivity index (χ4v) is 9.45. The molecule has 5 aliphatic rings. The van der Waals surface area contributed by atoms with Gasteiger partial charge in [0.2, 0.25) is 0 Å². The van der Waals surface area contributed by atoms with Gasteiger partial charge in [-0.2, -0.15) is 0 Å². The summed E-state index contributed by atoms with van der Waals surface area (Å²) in [6.07, 6.45) is 14.0. The molecule has 0 bridgehead atoms. The minimum atomic E-state index is -1.43. The molecule has 5 unspecified atom stereocenters. The maximum Gasteiger partial charge on any atom is 0.187 e. The second-order valence-corrected chi connectivity index (χ2v) is 13.2. The van der Waals surface area contributed by atoms with Gasteiger partial charge in [-0.1, -0.05) is 43.8 Å². The van der Waals surface area contributed by atoms with Crippen LogP contribution in [0.1, 0.15) is 52.4 Å². The molecular weight excluding hydrogens is 482 g/mol. The first kappa shape index (κ1) is 25.1. The third-order valence-corrected chi connectivity index (χ3v) is 11.5. The molecule has 7 heteroatoms. The number of allylic oxidation sites excluding steroid dienone is 5. The van der Waals surface area contributed by atoms with E-state index in [0.717, 1.165) is 31.4 Å². The molecule has 3 saturated carbocycles. The summed E-state index contributed by atoms with van der Waals surface area (Å²) in [6.45, 7) is 8.56. The third-order valence-electron chi connectivity index (χ3n) is 10.6. The lowest BCUT2D eigenvalue weighted by Crippen LogP contribution is -2.61. The number of aliphatic hydroxyl groups excluding tert-OH is 1. The number of fused-ring (bicyclic) bond motifs is 5. The van der Waals surface area contributed by atoms with Gasteiger partial charge in [-0.3, -0.25) is 4.79 Å². The molecule has 6 rings (SSSR count). The number of hydrogen-bond donors (Lipinski definition) is 2. The summed E-state index contributed by atoms with van der Waals surface area (Å²) in [6, 6.07) is 1.75. The van der Waals surface area contributed by atoms with Crippen molar-refractivity contribution in [2.24, 2.45) is 28.6 Å². The lowest BCUT2D eigenvalue weighted by atomic mass is 9.45. The third kappa shape index (κ3) is 3.57. The Kier molecular flexibility index (Phi) is 5.86. The van der Waals surface area contributed by atoms with Crippen LogP contribution in [0.2, 0.25) is 0 Å². The molecule has 3 fully saturated rings. The zero-order chi connectivity index (χ0) is 26.2. The first-order valence-electron chi connectivity index (χ1n) is 13.5. The SMILES string of the molecule is C=C1C=CC2=C(C=C3CCC4C([C@@H](O)CC5(C)C4CC[C@]5(O)C(=O)CSc4ncccn4)C3(C)C2)N1C. The van der Waals surface area contributed by atoms with Crippen LogP contribution in [0, 0.1) is 28.6 Å². The van der Waals surface area contributed by atoms with Gasteiger partial charge in [0.15, 0.2) is 10.9 Å². The van der Waals surface area contributed by atoms with E-state index >= 15 is 0 Å². The van der Waals surface area contributed by atoms with Gasteiger partial charge >= 0.3 is 0 Å². The maximum atomic E-state index is 13.5. The number of likely N-dealkylation sites (N-methyl/N-ethyl adjacent to an activating group) is 1. The lowest BCUT2D eigenvalue weighted by molar-refractivity contribution is -0.177. The number of thioether (sulfide) groups is 1. The van der Waals surface area contributed by atoms with Crippen LogP contribution in [0.4, 0.5) is 0 Å². The summed E-state index contributed by atoms with van der Waals surface area (Å²) < 4.78 is 0. The zero-order valence-corrected chi connectivity index (χ0v) is 22.8. The van der Waals surface area contributed by atoms with E-state index in [9.17, 15) is 15.0 Å². The van der Waals surface area contributed by atoms with E-state index < -0.39 is 17.1 Å². The van der Waals surface area contributed by atoms with E-state index in [0.29, 0.717) is 18.0 Å². The minimum absolute atomic E-state index is 0.119. The maximum absolute atomic E-state index is 13.5. The lowest BCUT2D eigenvalue weighted by Gasteiger charge is -2.61. The molecule has 1 aromatic rings. The molecule has 0 amide bonds. The average Bonchev–Trinajstić information content (AvgIpc) is 3.15. The number of ketones is 1. The van der Waals surface area contributed by atoms with Crippen molar-refractivity contribution in [3.8, 4) is 0 Å². The van der Waals surface area contributed by atoms with Crippen LogP contribution in [0.5, 0.6) is 0 Å². The van der Waals surface area contributed by atoms with Crippen molar-refractivity contribution in [2.75, 3.05) is 12.8 Å². The molecule has 2 N–H and O–H groups in total. The highest BCUT2D eigenvalue weighted by molar-refractivity contribution is 7.99. The van der Waals surface area contributed by atoms with Gasteiger partial charge in [0.25, 0.3) is 0 Å². The number of nitrogens with zero attached hydrogens (tertiary/aromatic N) is 3. The predicted molar refractivity (Wildman–Crippen MR) is 144 cm³/mol. The van der Waals surface area contributed by atoms with Crippen molar-refractivity contribution >= 4 is 17.5 Å². The number of rotatable bonds is 4. The molecule has 0 aromatic carbocycles. The highest BCUT2D eigenvalue weighted by Gasteiger charge is 2.68. The summed E-state index contributed by atoms with van der Waals surface area (Å²) >= 11 is 1.28. The van der Waals surface area contributed by atoms with Gasteiger partial charge in [-0.05, 0) is 85.5 Å². The molecule has 4 aliphatic carbocycles. The van der Waals surface area contributed by atoms with Crippen molar-refractivity contribution in [1.82, 2.24) is 14.9 Å². The molecule has 0 spiro atoms. The first-order valence-corrected chi connectivity index (χ1v) is 14.5. The summed E-state index contributed by atoms with van der Waals surface area (Å²) in [5.74, 6) is 0.593. The molecule has 0 saturated heterocycles. The fourth-order valence-electron chi connectivity index (χ4n) is 8.68. The van der Waals surface area contributed by atoms with E-state index in [4.69, 9.17) is 0 Å². The van der Waals surface area contributed by atoms with Crippen molar-refractivity contribution in [3.05, 3.63) is 65.8 Å². The number of carbonyl (C=O) groups excluding carboxylic acids is 1. The van der Waals surface area contributed by atoms with Gasteiger partial charge in [-0.15, -0.1) is 0 Å². The summed E-state index contributed by atoms with van der Waals surface area (Å²) in [5.41, 5.74) is 2.76. The second kappa shape index (κ2) is 8.65. The largest absolute Gasteiger partial charge is 0.393 e. The van der Waals surface area contributed by atoms with Crippen molar-refractivity contribution in [1.29, 1.82) is 0 Å². The van der Waals surface area contributed by atoms with Crippen LogP contribution >= 0.6 is 11.8 Å². The molecule has 0 radical (unpaired) electrons. The molecule has 2 heterocycles. The number of Topliss-reactive ketones (excluding diaryl/α,β-unsaturated/α-hetero) is 1. The van der Waals surface area contributed by atoms with Gasteiger partial charge in [0.1, 0.15) is 5.60 Å². The highest BCUT2D eigenvalue weighted by Crippen LogP contribution is 2.68. The standard InChI is InChI=1S/C30H37N3O3S/c1-18-6-7-19-15-28(2)20(14-23(19)33(18)4)8-9-21-22-10-11-30(36,29(22,3)16-24(34)26(21)28)25(35)17-37-27-31-12-5-13-32-27/h5-7,12-14,21-22,24,26,34,36H,1,8-11,15-17H2,2-4H3/t21?,22?,24-,26?,28?,29?,30-/m0/s1. The Hall–Kier alpha value is -2.22. The number of aliphatic hydroxyl groups is 2. The van der Waals surface area contributed by atoms with E-state index in [2.05, 4.69) is 60.6 Å². The number of aromatic nitrogens is 2. The van der Waals surface area contributed by atoms with Crippen molar-refractivity contribution in [3.63, 3.8) is 0 Å².